The van der Waals surface area contributed by atoms with Crippen LogP contribution in [0.1, 0.15) is 18.4 Å². The highest BCUT2D eigenvalue weighted by Crippen LogP contribution is 2.29. The number of ether oxygens (including phenoxy) is 1. The molecule has 3 rings (SSSR count). The van der Waals surface area contributed by atoms with Gasteiger partial charge in [-0.3, -0.25) is 0 Å². The molecule has 112 valence electrons. The smallest absolute Gasteiger partial charge is 0.226 e. The minimum absolute atomic E-state index is 0.488. The zero-order chi connectivity index (χ0) is 15.5. The van der Waals surface area contributed by atoms with Crippen molar-refractivity contribution in [2.45, 2.75) is 20.3 Å². The summed E-state index contributed by atoms with van der Waals surface area (Å²) in [6, 6.07) is 12.0. The average Bonchev–Trinajstić information content (AvgIpc) is 3.04. The van der Waals surface area contributed by atoms with E-state index in [1.165, 1.54) is 5.56 Å². The normalized spacial score (nSPS) is 10.7. The van der Waals surface area contributed by atoms with E-state index in [4.69, 9.17) is 9.26 Å². The lowest BCUT2D eigenvalue weighted by molar-refractivity contribution is 0.381. The van der Waals surface area contributed by atoms with Gasteiger partial charge in [-0.25, -0.2) is 4.98 Å². The molecule has 5 heteroatoms. The number of nitrogens with zero attached hydrogens (tertiary/aromatic N) is 3. The fourth-order valence-corrected chi connectivity index (χ4v) is 2.16. The summed E-state index contributed by atoms with van der Waals surface area (Å²) in [7, 11) is 1.59. The van der Waals surface area contributed by atoms with Crippen LogP contribution in [0.5, 0.6) is 5.88 Å². The predicted molar refractivity (Wildman–Crippen MR) is 83.6 cm³/mol. The van der Waals surface area contributed by atoms with Crippen LogP contribution in [0, 0.1) is 6.92 Å². The molecule has 22 heavy (non-hydrogen) atoms. The van der Waals surface area contributed by atoms with Crippen molar-refractivity contribution in [1.29, 1.82) is 0 Å². The molecule has 0 aliphatic carbocycles. The van der Waals surface area contributed by atoms with Gasteiger partial charge in [-0.2, -0.15) is 4.98 Å². The summed E-state index contributed by atoms with van der Waals surface area (Å²) in [4.78, 5) is 8.88. The monoisotopic (exact) mass is 295 g/mol. The van der Waals surface area contributed by atoms with Crippen LogP contribution >= 0.6 is 0 Å². The lowest BCUT2D eigenvalue weighted by atomic mass is 10.1. The second-order valence-electron chi connectivity index (χ2n) is 4.98. The molecule has 0 spiro atoms. The standard InChI is InChI=1S/C17H17N3O2/c1-4-15-19-16(20-22-15)13-9-10-14(18-17(13)21-3)12-7-5-11(2)6-8-12/h5-10H,4H2,1-3H3. The van der Waals surface area contributed by atoms with Crippen LogP contribution in [-0.2, 0) is 6.42 Å². The summed E-state index contributed by atoms with van der Waals surface area (Å²) in [5.74, 6) is 1.58. The largest absolute Gasteiger partial charge is 0.480 e. The molecule has 2 heterocycles. The quantitative estimate of drug-likeness (QED) is 0.734. The molecule has 0 aliphatic rings. The maximum atomic E-state index is 5.40. The van der Waals surface area contributed by atoms with E-state index in [0.29, 0.717) is 24.0 Å². The van der Waals surface area contributed by atoms with Gasteiger partial charge in [0.1, 0.15) is 0 Å². The molecule has 0 atom stereocenters. The first-order valence-corrected chi connectivity index (χ1v) is 7.16. The predicted octanol–water partition coefficient (Wildman–Crippen LogP) is 3.68. The molecule has 0 amide bonds. The number of benzene rings is 1. The molecular weight excluding hydrogens is 278 g/mol. The molecule has 0 N–H and O–H groups in total. The van der Waals surface area contributed by atoms with E-state index in [1.807, 2.05) is 31.2 Å². The molecule has 5 nitrogen and oxygen atoms in total. The van der Waals surface area contributed by atoms with Gasteiger partial charge in [0.05, 0.1) is 18.4 Å². The van der Waals surface area contributed by atoms with Crippen molar-refractivity contribution in [2.75, 3.05) is 7.11 Å². The van der Waals surface area contributed by atoms with Gasteiger partial charge >= 0.3 is 0 Å². The molecular formula is C17H17N3O2. The first-order chi connectivity index (χ1) is 10.7. The molecule has 1 aromatic carbocycles. The van der Waals surface area contributed by atoms with Crippen LogP contribution < -0.4 is 4.74 Å². The van der Waals surface area contributed by atoms with Gasteiger partial charge in [-0.15, -0.1) is 0 Å². The molecule has 0 unspecified atom stereocenters. The third-order valence-electron chi connectivity index (χ3n) is 3.41. The molecule has 0 radical (unpaired) electrons. The average molecular weight is 295 g/mol. The van der Waals surface area contributed by atoms with Gasteiger partial charge in [-0.1, -0.05) is 41.9 Å². The van der Waals surface area contributed by atoms with Gasteiger partial charge in [0, 0.05) is 12.0 Å². The number of aryl methyl sites for hydroxylation is 2. The Hall–Kier alpha value is -2.69. The number of aromatic nitrogens is 3. The Morgan fingerprint density at radius 3 is 2.45 bits per heavy atom. The zero-order valence-electron chi connectivity index (χ0n) is 12.8. The lowest BCUT2D eigenvalue weighted by Crippen LogP contribution is -1.95. The SMILES string of the molecule is CCc1nc(-c2ccc(-c3ccc(C)cc3)nc2OC)no1. The van der Waals surface area contributed by atoms with Crippen LogP contribution in [0.3, 0.4) is 0 Å². The summed E-state index contributed by atoms with van der Waals surface area (Å²) in [5, 5.41) is 3.97. The van der Waals surface area contributed by atoms with Crippen molar-refractivity contribution < 1.29 is 9.26 Å². The number of rotatable bonds is 4. The Morgan fingerprint density at radius 2 is 1.82 bits per heavy atom. The van der Waals surface area contributed by atoms with Crippen molar-refractivity contribution in [3.63, 3.8) is 0 Å². The van der Waals surface area contributed by atoms with Gasteiger partial charge in [0.15, 0.2) is 0 Å². The summed E-state index contributed by atoms with van der Waals surface area (Å²) < 4.78 is 10.5. The van der Waals surface area contributed by atoms with Crippen LogP contribution in [0.15, 0.2) is 40.9 Å². The fourth-order valence-electron chi connectivity index (χ4n) is 2.16. The molecule has 0 bridgehead atoms. The number of pyridine rings is 1. The molecule has 0 aliphatic heterocycles. The second-order valence-corrected chi connectivity index (χ2v) is 4.98. The van der Waals surface area contributed by atoms with Gasteiger partial charge < -0.3 is 9.26 Å². The maximum absolute atomic E-state index is 5.40. The Bertz CT molecular complexity index is 779. The van der Waals surface area contributed by atoms with Gasteiger partial charge in [-0.05, 0) is 19.1 Å². The van der Waals surface area contributed by atoms with Crippen LogP contribution in [0.25, 0.3) is 22.6 Å². The number of hydrogen-bond acceptors (Lipinski definition) is 5. The molecule has 2 aromatic heterocycles. The summed E-state index contributed by atoms with van der Waals surface area (Å²) >= 11 is 0. The van der Waals surface area contributed by atoms with Crippen LogP contribution in [0.2, 0.25) is 0 Å². The van der Waals surface area contributed by atoms with Crippen molar-refractivity contribution in [1.82, 2.24) is 15.1 Å². The molecule has 3 aromatic rings. The Balaban J connectivity index is 2.01. The maximum Gasteiger partial charge on any atom is 0.226 e. The Labute approximate surface area is 129 Å². The molecule has 0 saturated heterocycles. The van der Waals surface area contributed by atoms with E-state index >= 15 is 0 Å². The zero-order valence-corrected chi connectivity index (χ0v) is 12.8. The lowest BCUT2D eigenvalue weighted by Gasteiger charge is -2.07. The van der Waals surface area contributed by atoms with Crippen molar-refractivity contribution in [3.05, 3.63) is 47.9 Å². The third kappa shape index (κ3) is 2.70. The Kier molecular flexibility index (Phi) is 3.87. The first kappa shape index (κ1) is 14.3. The summed E-state index contributed by atoms with van der Waals surface area (Å²) in [6.07, 6.45) is 0.699. The minimum Gasteiger partial charge on any atom is -0.480 e. The van der Waals surface area contributed by atoms with Gasteiger partial charge in [0.2, 0.25) is 17.6 Å². The van der Waals surface area contributed by atoms with E-state index in [-0.39, 0.29) is 0 Å². The van der Waals surface area contributed by atoms with Crippen molar-refractivity contribution >= 4 is 0 Å². The molecule has 0 saturated carbocycles. The van der Waals surface area contributed by atoms with E-state index in [0.717, 1.165) is 16.8 Å². The van der Waals surface area contributed by atoms with Gasteiger partial charge in [0.25, 0.3) is 0 Å². The summed E-state index contributed by atoms with van der Waals surface area (Å²) in [5.41, 5.74) is 3.82. The Morgan fingerprint density at radius 1 is 1.05 bits per heavy atom. The van der Waals surface area contributed by atoms with Crippen LogP contribution in [0.4, 0.5) is 0 Å². The highest BCUT2D eigenvalue weighted by atomic mass is 16.5. The van der Waals surface area contributed by atoms with Crippen molar-refractivity contribution in [2.24, 2.45) is 0 Å². The van der Waals surface area contributed by atoms with E-state index in [1.54, 1.807) is 7.11 Å². The highest BCUT2D eigenvalue weighted by molar-refractivity contribution is 5.67. The van der Waals surface area contributed by atoms with Crippen LogP contribution in [-0.4, -0.2) is 22.2 Å². The fraction of sp³-hybridized carbons (Fsp3) is 0.235. The number of methoxy groups -OCH3 is 1. The van der Waals surface area contributed by atoms with E-state index < -0.39 is 0 Å². The van der Waals surface area contributed by atoms with E-state index in [9.17, 15) is 0 Å². The topological polar surface area (TPSA) is 61.0 Å². The van der Waals surface area contributed by atoms with E-state index in [2.05, 4.69) is 34.2 Å². The molecule has 0 fully saturated rings. The van der Waals surface area contributed by atoms with Crippen molar-refractivity contribution in [3.8, 4) is 28.5 Å². The number of hydrogen-bond donors (Lipinski definition) is 0. The summed E-state index contributed by atoms with van der Waals surface area (Å²) in [6.45, 7) is 4.02. The first-order valence-electron chi connectivity index (χ1n) is 7.16. The highest BCUT2D eigenvalue weighted by Gasteiger charge is 2.15. The minimum atomic E-state index is 0.488. The second kappa shape index (κ2) is 5.97. The third-order valence-corrected chi connectivity index (χ3v) is 3.41.